The molecule has 3 rings (SSSR count). The Morgan fingerprint density at radius 3 is 2.53 bits per heavy atom. The number of nitrogens with one attached hydrogen (secondary N) is 1. The van der Waals surface area contributed by atoms with Gasteiger partial charge in [-0.1, -0.05) is 67.6 Å². The number of aryl methyl sites for hydroxylation is 2. The number of carbonyl (C=O) groups is 2. The van der Waals surface area contributed by atoms with E-state index in [2.05, 4.69) is 46.1 Å². The maximum absolute atomic E-state index is 13.0. The smallest absolute Gasteiger partial charge is 0.244 e. The van der Waals surface area contributed by atoms with Gasteiger partial charge in [0.2, 0.25) is 11.8 Å². The van der Waals surface area contributed by atoms with Crippen LogP contribution in [-0.4, -0.2) is 50.3 Å². The van der Waals surface area contributed by atoms with E-state index in [-0.39, 0.29) is 24.1 Å². The highest BCUT2D eigenvalue weighted by atomic mass is 32.2. The Bertz CT molecular complexity index is 1130. The Labute approximate surface area is 206 Å². The van der Waals surface area contributed by atoms with Crippen LogP contribution in [0.15, 0.2) is 53.7 Å². The van der Waals surface area contributed by atoms with Gasteiger partial charge in [0.15, 0.2) is 11.0 Å². The van der Waals surface area contributed by atoms with Crippen molar-refractivity contribution in [3.05, 3.63) is 59.7 Å². The fourth-order valence-electron chi connectivity index (χ4n) is 3.67. The first kappa shape index (κ1) is 25.5. The van der Waals surface area contributed by atoms with Gasteiger partial charge in [0.1, 0.15) is 0 Å². The molecule has 0 saturated heterocycles. The number of aromatic nitrogens is 3. The van der Waals surface area contributed by atoms with Gasteiger partial charge in [0.05, 0.1) is 12.3 Å². The van der Waals surface area contributed by atoms with Gasteiger partial charge in [0.25, 0.3) is 0 Å². The number of hydrogen-bond acceptors (Lipinski definition) is 5. The van der Waals surface area contributed by atoms with E-state index in [1.165, 1.54) is 11.8 Å². The maximum atomic E-state index is 13.0. The van der Waals surface area contributed by atoms with E-state index in [0.29, 0.717) is 11.7 Å². The van der Waals surface area contributed by atoms with E-state index in [0.717, 1.165) is 47.6 Å². The van der Waals surface area contributed by atoms with Crippen LogP contribution in [0.5, 0.6) is 0 Å². The summed E-state index contributed by atoms with van der Waals surface area (Å²) in [5.74, 6) is 0.725. The number of anilines is 1. The van der Waals surface area contributed by atoms with E-state index in [9.17, 15) is 9.59 Å². The Hall–Kier alpha value is -3.13. The molecule has 0 atom stereocenters. The molecule has 1 N–H and O–H groups in total. The van der Waals surface area contributed by atoms with Gasteiger partial charge in [0, 0.05) is 24.3 Å². The van der Waals surface area contributed by atoms with E-state index < -0.39 is 0 Å². The van der Waals surface area contributed by atoms with Crippen LogP contribution in [-0.2, 0) is 16.1 Å². The minimum atomic E-state index is -0.197. The molecule has 1 heterocycles. The second-order valence-electron chi connectivity index (χ2n) is 8.29. The SMILES string of the molecule is CCCN(CC(=O)Nc1ccccc1C)C(=O)CSc1nnc(-c2cccc(C)c2)n1CCC. The summed E-state index contributed by atoms with van der Waals surface area (Å²) in [6.45, 7) is 9.42. The van der Waals surface area contributed by atoms with Gasteiger partial charge < -0.3 is 14.8 Å². The average Bonchev–Trinajstić information content (AvgIpc) is 3.21. The van der Waals surface area contributed by atoms with Crippen molar-refractivity contribution >= 4 is 29.3 Å². The molecule has 1 aromatic heterocycles. The summed E-state index contributed by atoms with van der Waals surface area (Å²) in [6, 6.07) is 15.8. The van der Waals surface area contributed by atoms with Gasteiger partial charge in [-0.05, 0) is 44.4 Å². The number of carbonyl (C=O) groups excluding carboxylic acids is 2. The minimum absolute atomic E-state index is 0.0256. The van der Waals surface area contributed by atoms with Gasteiger partial charge in [-0.15, -0.1) is 10.2 Å². The van der Waals surface area contributed by atoms with Crippen molar-refractivity contribution in [3.8, 4) is 11.4 Å². The van der Waals surface area contributed by atoms with Crippen molar-refractivity contribution in [1.29, 1.82) is 0 Å². The van der Waals surface area contributed by atoms with Crippen LogP contribution in [0.3, 0.4) is 0 Å². The molecule has 0 fully saturated rings. The van der Waals surface area contributed by atoms with Crippen LogP contribution in [0.1, 0.15) is 37.8 Å². The summed E-state index contributed by atoms with van der Waals surface area (Å²) < 4.78 is 2.07. The highest BCUT2D eigenvalue weighted by Gasteiger charge is 2.20. The van der Waals surface area contributed by atoms with E-state index in [1.54, 1.807) is 4.90 Å². The first-order chi connectivity index (χ1) is 16.4. The summed E-state index contributed by atoms with van der Waals surface area (Å²) in [7, 11) is 0. The molecule has 7 nitrogen and oxygen atoms in total. The largest absolute Gasteiger partial charge is 0.333 e. The highest BCUT2D eigenvalue weighted by molar-refractivity contribution is 7.99. The van der Waals surface area contributed by atoms with Gasteiger partial charge in [-0.2, -0.15) is 0 Å². The normalized spacial score (nSPS) is 10.8. The molecule has 0 radical (unpaired) electrons. The lowest BCUT2D eigenvalue weighted by Crippen LogP contribution is -2.39. The highest BCUT2D eigenvalue weighted by Crippen LogP contribution is 2.25. The number of nitrogens with zero attached hydrogens (tertiary/aromatic N) is 4. The molecule has 0 bridgehead atoms. The lowest BCUT2D eigenvalue weighted by atomic mass is 10.1. The summed E-state index contributed by atoms with van der Waals surface area (Å²) in [6.07, 6.45) is 1.71. The molecule has 0 aliphatic heterocycles. The molecule has 0 spiro atoms. The molecular weight excluding hydrogens is 446 g/mol. The first-order valence-corrected chi connectivity index (χ1v) is 12.7. The van der Waals surface area contributed by atoms with Crippen molar-refractivity contribution in [2.45, 2.75) is 52.2 Å². The molecule has 0 aliphatic carbocycles. The van der Waals surface area contributed by atoms with Crippen LogP contribution in [0.4, 0.5) is 5.69 Å². The zero-order valence-electron chi connectivity index (χ0n) is 20.4. The fourth-order valence-corrected chi connectivity index (χ4v) is 4.54. The summed E-state index contributed by atoms with van der Waals surface area (Å²) >= 11 is 1.37. The first-order valence-electron chi connectivity index (χ1n) is 11.7. The number of rotatable bonds is 11. The zero-order chi connectivity index (χ0) is 24.5. The van der Waals surface area contributed by atoms with Crippen LogP contribution in [0.25, 0.3) is 11.4 Å². The predicted molar refractivity (Wildman–Crippen MR) is 138 cm³/mol. The molecule has 8 heteroatoms. The molecule has 2 aromatic carbocycles. The van der Waals surface area contributed by atoms with Gasteiger partial charge in [-0.25, -0.2) is 0 Å². The molecule has 180 valence electrons. The lowest BCUT2D eigenvalue weighted by Gasteiger charge is -2.21. The molecule has 0 aliphatic rings. The Kier molecular flexibility index (Phi) is 9.27. The summed E-state index contributed by atoms with van der Waals surface area (Å²) in [5, 5.41) is 12.4. The quantitative estimate of drug-likeness (QED) is 0.394. The maximum Gasteiger partial charge on any atom is 0.244 e. The van der Waals surface area contributed by atoms with Crippen LogP contribution < -0.4 is 5.32 Å². The molecule has 0 saturated carbocycles. The average molecular weight is 480 g/mol. The predicted octanol–water partition coefficient (Wildman–Crippen LogP) is 4.94. The summed E-state index contributed by atoms with van der Waals surface area (Å²) in [5.41, 5.74) is 3.92. The van der Waals surface area contributed by atoms with Crippen molar-refractivity contribution < 1.29 is 9.59 Å². The Balaban J connectivity index is 1.67. The van der Waals surface area contributed by atoms with Crippen molar-refractivity contribution in [3.63, 3.8) is 0 Å². The third-order valence-electron chi connectivity index (χ3n) is 5.36. The number of hydrogen-bond donors (Lipinski definition) is 1. The van der Waals surface area contributed by atoms with Crippen LogP contribution in [0.2, 0.25) is 0 Å². The Morgan fingerprint density at radius 2 is 1.82 bits per heavy atom. The Morgan fingerprint density at radius 1 is 1.03 bits per heavy atom. The molecule has 34 heavy (non-hydrogen) atoms. The second kappa shape index (κ2) is 12.4. The molecule has 0 unspecified atom stereocenters. The standard InChI is InChI=1S/C26H33N5O2S/c1-5-14-30(17-23(32)27-22-13-8-7-11-20(22)4)24(33)18-34-26-29-28-25(31(26)15-6-2)21-12-9-10-19(3)16-21/h7-13,16H,5-6,14-15,17-18H2,1-4H3,(H,27,32). The molecule has 2 amide bonds. The third kappa shape index (κ3) is 6.70. The van der Waals surface area contributed by atoms with E-state index >= 15 is 0 Å². The lowest BCUT2D eigenvalue weighted by molar-refractivity contribution is -0.132. The van der Waals surface area contributed by atoms with Gasteiger partial charge in [-0.3, -0.25) is 9.59 Å². The van der Waals surface area contributed by atoms with E-state index in [1.807, 2.05) is 50.2 Å². The summed E-state index contributed by atoms with van der Waals surface area (Å²) in [4.78, 5) is 27.3. The van der Waals surface area contributed by atoms with E-state index in [4.69, 9.17) is 0 Å². The molecular formula is C26H33N5O2S. The monoisotopic (exact) mass is 479 g/mol. The number of amides is 2. The fraction of sp³-hybridized carbons (Fsp3) is 0.385. The number of benzene rings is 2. The van der Waals surface area contributed by atoms with Crippen LogP contribution >= 0.6 is 11.8 Å². The van der Waals surface area contributed by atoms with Crippen molar-refractivity contribution in [1.82, 2.24) is 19.7 Å². The van der Waals surface area contributed by atoms with Gasteiger partial charge >= 0.3 is 0 Å². The van der Waals surface area contributed by atoms with Crippen molar-refractivity contribution in [2.75, 3.05) is 24.2 Å². The second-order valence-corrected chi connectivity index (χ2v) is 9.24. The third-order valence-corrected chi connectivity index (χ3v) is 6.32. The number of thioether (sulfide) groups is 1. The van der Waals surface area contributed by atoms with Crippen molar-refractivity contribution in [2.24, 2.45) is 0 Å². The molecule has 3 aromatic rings. The number of para-hydroxylation sites is 1. The topological polar surface area (TPSA) is 80.1 Å². The zero-order valence-corrected chi connectivity index (χ0v) is 21.2. The minimum Gasteiger partial charge on any atom is -0.333 e. The van der Waals surface area contributed by atoms with Crippen LogP contribution in [0, 0.1) is 13.8 Å².